The molecule has 0 N–H and O–H groups in total. The van der Waals surface area contributed by atoms with Gasteiger partial charge in [-0.2, -0.15) is 15.8 Å². The first-order valence-corrected chi connectivity index (χ1v) is 6.04. The molecule has 4 heteroatoms. The van der Waals surface area contributed by atoms with Crippen molar-refractivity contribution in [3.63, 3.8) is 0 Å². The van der Waals surface area contributed by atoms with Crippen LogP contribution in [0.15, 0.2) is 18.2 Å². The molecule has 0 aliphatic carbocycles. The molecule has 0 spiro atoms. The fourth-order valence-electron chi connectivity index (χ4n) is 1.96. The summed E-state index contributed by atoms with van der Waals surface area (Å²) in [6.07, 6.45) is 0.355. The van der Waals surface area contributed by atoms with Gasteiger partial charge >= 0.3 is 0 Å². The largest absolute Gasteiger partial charge is 0.479 e. The first-order chi connectivity index (χ1) is 9.13. The number of nitriles is 3. The van der Waals surface area contributed by atoms with E-state index in [1.807, 2.05) is 19.9 Å². The molecule has 0 fully saturated rings. The number of rotatable bonds is 5. The number of ether oxygens (including phenoxy) is 1. The highest BCUT2D eigenvalue weighted by Gasteiger charge is 2.19. The lowest BCUT2D eigenvalue weighted by Gasteiger charge is -2.20. The Morgan fingerprint density at radius 2 is 1.89 bits per heavy atom. The Bertz CT molecular complexity index is 558. The standard InChI is InChI=1S/C15H15N3O/c1-11(2)14(5-6-16)15-9-13(19-8-7-17)4-3-12(15)10-18/h3-4,9,11,14H,5,8H2,1-2H3. The van der Waals surface area contributed by atoms with Gasteiger partial charge in [0.2, 0.25) is 0 Å². The maximum atomic E-state index is 9.16. The molecule has 1 atom stereocenters. The zero-order valence-electron chi connectivity index (χ0n) is 11.1. The van der Waals surface area contributed by atoms with Crippen LogP contribution < -0.4 is 4.74 Å². The Balaban J connectivity index is 3.18. The van der Waals surface area contributed by atoms with E-state index in [4.69, 9.17) is 20.5 Å². The van der Waals surface area contributed by atoms with Crippen LogP contribution in [-0.4, -0.2) is 6.61 Å². The van der Waals surface area contributed by atoms with Crippen LogP contribution >= 0.6 is 0 Å². The van der Waals surface area contributed by atoms with Crippen LogP contribution in [0.5, 0.6) is 5.75 Å². The molecule has 0 amide bonds. The SMILES string of the molecule is CC(C)C(CC#N)c1cc(OCC#N)ccc1C#N. The monoisotopic (exact) mass is 253 g/mol. The fraction of sp³-hybridized carbons (Fsp3) is 0.400. The third kappa shape index (κ3) is 3.73. The van der Waals surface area contributed by atoms with Crippen LogP contribution in [0.25, 0.3) is 0 Å². The molecule has 0 heterocycles. The van der Waals surface area contributed by atoms with E-state index in [1.165, 1.54) is 0 Å². The molecule has 1 aromatic rings. The lowest BCUT2D eigenvalue weighted by molar-refractivity contribution is 0.366. The van der Waals surface area contributed by atoms with E-state index in [0.717, 1.165) is 5.56 Å². The second-order valence-electron chi connectivity index (χ2n) is 4.52. The van der Waals surface area contributed by atoms with E-state index in [0.29, 0.717) is 17.7 Å². The molecule has 19 heavy (non-hydrogen) atoms. The Hall–Kier alpha value is -2.51. The van der Waals surface area contributed by atoms with Gasteiger partial charge in [-0.15, -0.1) is 0 Å². The maximum Gasteiger partial charge on any atom is 0.174 e. The Morgan fingerprint density at radius 1 is 1.16 bits per heavy atom. The summed E-state index contributed by atoms with van der Waals surface area (Å²) in [5.41, 5.74) is 1.37. The Labute approximate surface area is 113 Å². The zero-order chi connectivity index (χ0) is 14.3. The molecule has 96 valence electrons. The van der Waals surface area contributed by atoms with Crippen molar-refractivity contribution in [3.05, 3.63) is 29.3 Å². The third-order valence-corrected chi connectivity index (χ3v) is 2.96. The summed E-state index contributed by atoms with van der Waals surface area (Å²) in [6, 6.07) is 11.3. The Kier molecular flexibility index (Phi) is 5.39. The smallest absolute Gasteiger partial charge is 0.174 e. The molecular weight excluding hydrogens is 238 g/mol. The van der Waals surface area contributed by atoms with Crippen molar-refractivity contribution in [2.45, 2.75) is 26.2 Å². The van der Waals surface area contributed by atoms with Crippen molar-refractivity contribution in [1.82, 2.24) is 0 Å². The lowest BCUT2D eigenvalue weighted by Crippen LogP contribution is -2.08. The van der Waals surface area contributed by atoms with Gasteiger partial charge in [-0.1, -0.05) is 13.8 Å². The molecule has 0 aliphatic heterocycles. The molecule has 0 aromatic heterocycles. The normalized spacial score (nSPS) is 11.2. The van der Waals surface area contributed by atoms with Crippen LogP contribution in [0.3, 0.4) is 0 Å². The van der Waals surface area contributed by atoms with E-state index in [-0.39, 0.29) is 18.4 Å². The second kappa shape index (κ2) is 7.04. The number of benzene rings is 1. The average molecular weight is 253 g/mol. The molecular formula is C15H15N3O. The molecule has 0 aliphatic rings. The minimum Gasteiger partial charge on any atom is -0.479 e. The quantitative estimate of drug-likeness (QED) is 0.807. The van der Waals surface area contributed by atoms with E-state index in [1.54, 1.807) is 18.2 Å². The Morgan fingerprint density at radius 3 is 2.42 bits per heavy atom. The average Bonchev–Trinajstić information content (AvgIpc) is 2.42. The van der Waals surface area contributed by atoms with E-state index in [9.17, 15) is 0 Å². The molecule has 4 nitrogen and oxygen atoms in total. The van der Waals surface area contributed by atoms with Gasteiger partial charge in [-0.05, 0) is 29.7 Å². The first-order valence-electron chi connectivity index (χ1n) is 6.04. The van der Waals surface area contributed by atoms with Crippen LogP contribution in [0.1, 0.15) is 37.3 Å². The lowest BCUT2D eigenvalue weighted by atomic mass is 9.84. The molecule has 0 saturated carbocycles. The molecule has 1 aromatic carbocycles. The van der Waals surface area contributed by atoms with Gasteiger partial charge in [0, 0.05) is 12.3 Å². The van der Waals surface area contributed by atoms with Gasteiger partial charge in [-0.3, -0.25) is 0 Å². The fourth-order valence-corrected chi connectivity index (χ4v) is 1.96. The van der Waals surface area contributed by atoms with Gasteiger partial charge in [0.05, 0.1) is 17.7 Å². The number of hydrogen-bond acceptors (Lipinski definition) is 4. The second-order valence-corrected chi connectivity index (χ2v) is 4.52. The van der Waals surface area contributed by atoms with Crippen molar-refractivity contribution in [3.8, 4) is 24.0 Å². The minimum atomic E-state index is -0.0318. The number of hydrogen-bond donors (Lipinski definition) is 0. The van der Waals surface area contributed by atoms with Gasteiger partial charge in [0.1, 0.15) is 11.8 Å². The zero-order valence-corrected chi connectivity index (χ0v) is 11.1. The van der Waals surface area contributed by atoms with E-state index in [2.05, 4.69) is 12.1 Å². The summed E-state index contributed by atoms with van der Waals surface area (Å²) in [4.78, 5) is 0. The minimum absolute atomic E-state index is 0.00899. The van der Waals surface area contributed by atoms with Crippen molar-refractivity contribution in [2.24, 2.45) is 5.92 Å². The molecule has 0 bridgehead atoms. The molecule has 1 unspecified atom stereocenters. The van der Waals surface area contributed by atoms with Gasteiger partial charge in [0.25, 0.3) is 0 Å². The predicted octanol–water partition coefficient (Wildman–Crippen LogP) is 3.11. The highest BCUT2D eigenvalue weighted by molar-refractivity contribution is 5.45. The summed E-state index contributed by atoms with van der Waals surface area (Å²) in [7, 11) is 0. The van der Waals surface area contributed by atoms with Crippen LogP contribution in [0, 0.1) is 39.9 Å². The van der Waals surface area contributed by atoms with Gasteiger partial charge in [-0.25, -0.2) is 0 Å². The summed E-state index contributed by atoms with van der Waals surface area (Å²) in [5, 5.41) is 26.6. The molecule has 0 radical (unpaired) electrons. The predicted molar refractivity (Wildman–Crippen MR) is 70.1 cm³/mol. The molecule has 1 rings (SSSR count). The summed E-state index contributed by atoms with van der Waals surface area (Å²) >= 11 is 0. The number of nitrogens with zero attached hydrogens (tertiary/aromatic N) is 3. The topological polar surface area (TPSA) is 80.6 Å². The van der Waals surface area contributed by atoms with Crippen molar-refractivity contribution in [1.29, 1.82) is 15.8 Å². The summed E-state index contributed by atoms with van der Waals surface area (Å²) < 4.78 is 5.25. The first kappa shape index (κ1) is 14.6. The van der Waals surface area contributed by atoms with Crippen LogP contribution in [0.4, 0.5) is 0 Å². The van der Waals surface area contributed by atoms with Crippen molar-refractivity contribution in [2.75, 3.05) is 6.61 Å². The van der Waals surface area contributed by atoms with Gasteiger partial charge < -0.3 is 4.74 Å². The van der Waals surface area contributed by atoms with Crippen molar-refractivity contribution >= 4 is 0 Å². The summed E-state index contributed by atoms with van der Waals surface area (Å²) in [6.45, 7) is 4.01. The van der Waals surface area contributed by atoms with E-state index < -0.39 is 0 Å². The summed E-state index contributed by atoms with van der Waals surface area (Å²) in [5.74, 6) is 0.794. The molecule has 0 saturated heterocycles. The van der Waals surface area contributed by atoms with Crippen LogP contribution in [-0.2, 0) is 0 Å². The third-order valence-electron chi connectivity index (χ3n) is 2.96. The maximum absolute atomic E-state index is 9.16. The van der Waals surface area contributed by atoms with Crippen molar-refractivity contribution < 1.29 is 4.74 Å². The highest BCUT2D eigenvalue weighted by atomic mass is 16.5. The van der Waals surface area contributed by atoms with E-state index >= 15 is 0 Å². The highest BCUT2D eigenvalue weighted by Crippen LogP contribution is 2.32. The van der Waals surface area contributed by atoms with Gasteiger partial charge in [0.15, 0.2) is 6.61 Å². The van der Waals surface area contributed by atoms with Crippen LogP contribution in [0.2, 0.25) is 0 Å².